The number of rotatable bonds is 1. The third-order valence-electron chi connectivity index (χ3n) is 5.16. The van der Waals surface area contributed by atoms with E-state index in [1.807, 2.05) is 0 Å². The van der Waals surface area contributed by atoms with E-state index in [1.54, 1.807) is 0 Å². The van der Waals surface area contributed by atoms with Crippen molar-refractivity contribution in [3.05, 3.63) is 0 Å². The molecule has 0 N–H and O–H groups in total. The van der Waals surface area contributed by atoms with Gasteiger partial charge in [-0.05, 0) is 56.3 Å². The first-order valence-electron chi connectivity index (χ1n) is 5.87. The van der Waals surface area contributed by atoms with Crippen molar-refractivity contribution in [3.63, 3.8) is 0 Å². The Morgan fingerprint density at radius 3 is 2.36 bits per heavy atom. The van der Waals surface area contributed by atoms with E-state index < -0.39 is 0 Å². The summed E-state index contributed by atoms with van der Waals surface area (Å²) in [5.41, 5.74) is 0.671. The van der Waals surface area contributed by atoms with Gasteiger partial charge in [0, 0.05) is 5.41 Å². The van der Waals surface area contributed by atoms with Crippen LogP contribution in [0.5, 0.6) is 0 Å². The summed E-state index contributed by atoms with van der Waals surface area (Å²) < 4.78 is 0. The predicted molar refractivity (Wildman–Crippen MR) is 60.7 cm³/mol. The summed E-state index contributed by atoms with van der Waals surface area (Å²) >= 11 is 0. The number of terminal acetylenes is 1. The molecular weight excluding hydrogens is 168 g/mol. The first-order valence-corrected chi connectivity index (χ1v) is 5.87. The molecule has 0 aromatic carbocycles. The van der Waals surface area contributed by atoms with Gasteiger partial charge in [0.05, 0.1) is 0 Å². The maximum absolute atomic E-state index is 5.66. The van der Waals surface area contributed by atoms with Crippen LogP contribution in [-0.2, 0) is 0 Å². The fourth-order valence-electron chi connectivity index (χ4n) is 3.78. The maximum atomic E-state index is 5.66. The molecule has 78 valence electrons. The van der Waals surface area contributed by atoms with E-state index in [0.717, 1.165) is 17.8 Å². The maximum Gasteiger partial charge on any atom is 0.0286 e. The molecule has 0 amide bonds. The zero-order valence-corrected chi connectivity index (χ0v) is 9.93. The molecule has 3 rings (SSSR count). The van der Waals surface area contributed by atoms with Crippen molar-refractivity contribution in [2.75, 3.05) is 0 Å². The van der Waals surface area contributed by atoms with Crippen LogP contribution >= 0.6 is 0 Å². The Bertz CT molecular complexity index is 275. The van der Waals surface area contributed by atoms with E-state index in [0.29, 0.717) is 5.41 Å². The summed E-state index contributed by atoms with van der Waals surface area (Å²) in [5, 5.41) is 0. The Balaban J connectivity index is 2.20. The number of hydrogen-bond acceptors (Lipinski definition) is 0. The van der Waals surface area contributed by atoms with Crippen LogP contribution in [0.1, 0.15) is 47.0 Å². The standard InChI is InChI=1S/C14H22/c1-6-13(2,3)11-8-7-10-9-12(11)14(10,4)5/h1,10-12H,7-9H2,2-5H3. The fourth-order valence-corrected chi connectivity index (χ4v) is 3.78. The van der Waals surface area contributed by atoms with Gasteiger partial charge in [0.2, 0.25) is 0 Å². The van der Waals surface area contributed by atoms with Crippen molar-refractivity contribution in [2.24, 2.45) is 28.6 Å². The summed E-state index contributed by atoms with van der Waals surface area (Å²) in [6.07, 6.45) is 9.85. The van der Waals surface area contributed by atoms with Crippen molar-refractivity contribution in [1.82, 2.24) is 0 Å². The number of hydrogen-bond donors (Lipinski definition) is 0. The lowest BCUT2D eigenvalue weighted by molar-refractivity contribution is -0.127. The molecule has 0 aromatic heterocycles. The smallest absolute Gasteiger partial charge is 0.0286 e. The Hall–Kier alpha value is -0.440. The molecule has 0 aliphatic heterocycles. The second kappa shape index (κ2) is 2.78. The zero-order valence-electron chi connectivity index (χ0n) is 9.93. The van der Waals surface area contributed by atoms with Gasteiger partial charge in [0.25, 0.3) is 0 Å². The summed E-state index contributed by atoms with van der Waals surface area (Å²) in [7, 11) is 0. The molecule has 0 saturated heterocycles. The van der Waals surface area contributed by atoms with Crippen LogP contribution in [0.3, 0.4) is 0 Å². The van der Waals surface area contributed by atoms with Crippen LogP contribution in [0.25, 0.3) is 0 Å². The summed E-state index contributed by atoms with van der Waals surface area (Å²) in [4.78, 5) is 0. The molecule has 14 heavy (non-hydrogen) atoms. The van der Waals surface area contributed by atoms with Crippen LogP contribution in [0.4, 0.5) is 0 Å². The molecule has 2 bridgehead atoms. The molecule has 3 aliphatic carbocycles. The van der Waals surface area contributed by atoms with Crippen LogP contribution in [0.15, 0.2) is 0 Å². The summed E-state index contributed by atoms with van der Waals surface area (Å²) in [5.74, 6) is 5.63. The van der Waals surface area contributed by atoms with Crippen molar-refractivity contribution in [3.8, 4) is 12.3 Å². The summed E-state index contributed by atoms with van der Waals surface area (Å²) in [6.45, 7) is 9.36. The highest BCUT2D eigenvalue weighted by Gasteiger charge is 2.56. The molecule has 3 atom stereocenters. The monoisotopic (exact) mass is 190 g/mol. The third kappa shape index (κ3) is 1.14. The summed E-state index contributed by atoms with van der Waals surface area (Å²) in [6, 6.07) is 0. The second-order valence-electron chi connectivity index (χ2n) is 6.41. The highest BCUT2D eigenvalue weighted by molar-refractivity contribution is 5.13. The lowest BCUT2D eigenvalue weighted by Crippen LogP contribution is -2.55. The molecule has 3 saturated carbocycles. The van der Waals surface area contributed by atoms with Gasteiger partial charge in [-0.3, -0.25) is 0 Å². The quantitative estimate of drug-likeness (QED) is 0.553. The van der Waals surface area contributed by atoms with Gasteiger partial charge in [0.1, 0.15) is 0 Å². The van der Waals surface area contributed by atoms with Gasteiger partial charge in [0.15, 0.2) is 0 Å². The van der Waals surface area contributed by atoms with Gasteiger partial charge < -0.3 is 0 Å². The molecular formula is C14H22. The average Bonchev–Trinajstić information content (AvgIpc) is 2.17. The van der Waals surface area contributed by atoms with Crippen LogP contribution < -0.4 is 0 Å². The molecule has 0 nitrogen and oxygen atoms in total. The second-order valence-corrected chi connectivity index (χ2v) is 6.41. The normalized spacial score (nSPS) is 39.8. The largest absolute Gasteiger partial charge is 0.120 e. The van der Waals surface area contributed by atoms with Crippen LogP contribution in [-0.4, -0.2) is 0 Å². The fraction of sp³-hybridized carbons (Fsp3) is 0.857. The van der Waals surface area contributed by atoms with E-state index in [4.69, 9.17) is 6.42 Å². The van der Waals surface area contributed by atoms with Crippen LogP contribution in [0.2, 0.25) is 0 Å². The van der Waals surface area contributed by atoms with Gasteiger partial charge in [-0.1, -0.05) is 13.8 Å². The predicted octanol–water partition coefficient (Wildman–Crippen LogP) is 3.72. The highest BCUT2D eigenvalue weighted by Crippen LogP contribution is 2.64. The van der Waals surface area contributed by atoms with E-state index in [-0.39, 0.29) is 5.41 Å². The Morgan fingerprint density at radius 1 is 1.29 bits per heavy atom. The van der Waals surface area contributed by atoms with Crippen molar-refractivity contribution in [2.45, 2.75) is 47.0 Å². The molecule has 3 fully saturated rings. The average molecular weight is 190 g/mol. The van der Waals surface area contributed by atoms with Gasteiger partial charge in [-0.2, -0.15) is 0 Å². The molecule has 0 radical (unpaired) electrons. The minimum absolute atomic E-state index is 0.104. The number of fused-ring (bicyclic) bond motifs is 2. The van der Waals surface area contributed by atoms with Gasteiger partial charge >= 0.3 is 0 Å². The Kier molecular flexibility index (Phi) is 2.01. The minimum Gasteiger partial charge on any atom is -0.120 e. The highest BCUT2D eigenvalue weighted by atomic mass is 14.6. The molecule has 3 aliphatic rings. The zero-order chi connectivity index (χ0) is 10.6. The third-order valence-corrected chi connectivity index (χ3v) is 5.16. The molecule has 0 aromatic rings. The van der Waals surface area contributed by atoms with E-state index in [2.05, 4.69) is 33.6 Å². The first kappa shape index (κ1) is 10.1. The molecule has 0 heterocycles. The van der Waals surface area contributed by atoms with Crippen molar-refractivity contribution >= 4 is 0 Å². The Morgan fingerprint density at radius 2 is 1.93 bits per heavy atom. The topological polar surface area (TPSA) is 0 Å². The molecule has 0 spiro atoms. The van der Waals surface area contributed by atoms with Gasteiger partial charge in [-0.25, -0.2) is 0 Å². The lowest BCUT2D eigenvalue weighted by Gasteiger charge is -2.62. The first-order chi connectivity index (χ1) is 6.39. The van der Waals surface area contributed by atoms with E-state index in [1.165, 1.54) is 19.3 Å². The molecule has 3 unspecified atom stereocenters. The van der Waals surface area contributed by atoms with E-state index in [9.17, 15) is 0 Å². The van der Waals surface area contributed by atoms with Gasteiger partial charge in [-0.15, -0.1) is 12.3 Å². The molecule has 0 heteroatoms. The van der Waals surface area contributed by atoms with Crippen molar-refractivity contribution < 1.29 is 0 Å². The lowest BCUT2D eigenvalue weighted by atomic mass is 9.42. The minimum atomic E-state index is 0.104. The SMILES string of the molecule is C#CC(C)(C)C1CCC2CC1C2(C)C. The van der Waals surface area contributed by atoms with Crippen LogP contribution in [0, 0.1) is 40.9 Å². The van der Waals surface area contributed by atoms with E-state index >= 15 is 0 Å². The Labute approximate surface area is 88.5 Å². The van der Waals surface area contributed by atoms with Crippen molar-refractivity contribution in [1.29, 1.82) is 0 Å².